The van der Waals surface area contributed by atoms with Crippen LogP contribution < -0.4 is 5.32 Å². The van der Waals surface area contributed by atoms with E-state index in [4.69, 9.17) is 4.74 Å². The molecule has 4 atom stereocenters. The van der Waals surface area contributed by atoms with Gasteiger partial charge < -0.3 is 15.0 Å². The third-order valence-electron chi connectivity index (χ3n) is 6.86. The summed E-state index contributed by atoms with van der Waals surface area (Å²) in [5.74, 6) is 0.699. The lowest BCUT2D eigenvalue weighted by Gasteiger charge is -2.25. The Balaban J connectivity index is 1.47. The molecule has 3 aliphatic heterocycles. The maximum Gasteiger partial charge on any atom is 0.225 e. The van der Waals surface area contributed by atoms with E-state index in [-0.39, 0.29) is 41.8 Å². The zero-order valence-electron chi connectivity index (χ0n) is 18.4. The Hall–Kier alpha value is -1.93. The van der Waals surface area contributed by atoms with Crippen molar-refractivity contribution in [3.63, 3.8) is 0 Å². The van der Waals surface area contributed by atoms with Crippen LogP contribution in [0.5, 0.6) is 0 Å². The van der Waals surface area contributed by atoms with Crippen LogP contribution in [0.1, 0.15) is 45.2 Å². The molecular weight excluding hydrogens is 382 g/mol. The molecular formula is C22H35N5O3. The highest BCUT2D eigenvalue weighted by Crippen LogP contribution is 2.42. The molecule has 2 amide bonds. The average molecular weight is 418 g/mol. The van der Waals surface area contributed by atoms with E-state index in [0.717, 1.165) is 44.7 Å². The fraction of sp³-hybridized carbons (Fsp3) is 0.773. The van der Waals surface area contributed by atoms with Crippen LogP contribution in [0.2, 0.25) is 0 Å². The number of ether oxygens (including phenoxy) is 1. The Morgan fingerprint density at radius 2 is 2.03 bits per heavy atom. The fourth-order valence-electron chi connectivity index (χ4n) is 5.45. The summed E-state index contributed by atoms with van der Waals surface area (Å²) in [5.41, 5.74) is 1.15. The number of nitrogens with zero attached hydrogens (tertiary/aromatic N) is 4. The topological polar surface area (TPSA) is 79.7 Å². The van der Waals surface area contributed by atoms with Gasteiger partial charge in [0.2, 0.25) is 11.8 Å². The first kappa shape index (κ1) is 21.3. The van der Waals surface area contributed by atoms with Gasteiger partial charge in [-0.3, -0.25) is 19.2 Å². The number of rotatable bonds is 7. The molecule has 8 heteroatoms. The third-order valence-corrected chi connectivity index (χ3v) is 6.86. The van der Waals surface area contributed by atoms with E-state index in [2.05, 4.69) is 15.3 Å². The molecule has 3 aliphatic rings. The SMILES string of the molecule is CC(C)NC(=O)C[C@@H]1CN(Cc2ccnn2C)[C@@H]2CO[C@@H](CC(=O)N3CCCC3)[C@H]12. The molecule has 0 aliphatic carbocycles. The highest BCUT2D eigenvalue weighted by Gasteiger charge is 2.51. The van der Waals surface area contributed by atoms with Crippen LogP contribution in [-0.2, 0) is 27.9 Å². The van der Waals surface area contributed by atoms with Crippen molar-refractivity contribution in [3.05, 3.63) is 18.0 Å². The average Bonchev–Trinajstić information content (AvgIpc) is 3.44. The Labute approximate surface area is 178 Å². The molecule has 3 fully saturated rings. The number of nitrogens with one attached hydrogen (secondary N) is 1. The van der Waals surface area contributed by atoms with Crippen LogP contribution >= 0.6 is 0 Å². The lowest BCUT2D eigenvalue weighted by molar-refractivity contribution is -0.133. The molecule has 1 N–H and O–H groups in total. The Morgan fingerprint density at radius 1 is 1.27 bits per heavy atom. The van der Waals surface area contributed by atoms with Crippen molar-refractivity contribution in [2.24, 2.45) is 18.9 Å². The lowest BCUT2D eigenvalue weighted by Crippen LogP contribution is -2.37. The van der Waals surface area contributed by atoms with Gasteiger partial charge in [-0.05, 0) is 38.7 Å². The van der Waals surface area contributed by atoms with Crippen molar-refractivity contribution < 1.29 is 14.3 Å². The van der Waals surface area contributed by atoms with Crippen molar-refractivity contribution in [1.29, 1.82) is 0 Å². The molecule has 4 heterocycles. The Bertz CT molecular complexity index is 758. The van der Waals surface area contributed by atoms with Crippen LogP contribution in [-0.4, -0.2) is 75.8 Å². The van der Waals surface area contributed by atoms with E-state index in [1.54, 1.807) is 0 Å². The summed E-state index contributed by atoms with van der Waals surface area (Å²) in [7, 11) is 1.96. The van der Waals surface area contributed by atoms with Gasteiger partial charge >= 0.3 is 0 Å². The predicted molar refractivity (Wildman–Crippen MR) is 112 cm³/mol. The second-order valence-corrected chi connectivity index (χ2v) is 9.37. The fourth-order valence-corrected chi connectivity index (χ4v) is 5.45. The summed E-state index contributed by atoms with van der Waals surface area (Å²) in [6.45, 7) is 7.97. The smallest absolute Gasteiger partial charge is 0.225 e. The summed E-state index contributed by atoms with van der Waals surface area (Å²) >= 11 is 0. The maximum absolute atomic E-state index is 12.8. The number of hydrogen-bond acceptors (Lipinski definition) is 5. The summed E-state index contributed by atoms with van der Waals surface area (Å²) < 4.78 is 8.08. The zero-order valence-corrected chi connectivity index (χ0v) is 18.4. The van der Waals surface area contributed by atoms with Gasteiger partial charge in [0.15, 0.2) is 0 Å². The molecule has 166 valence electrons. The molecule has 0 radical (unpaired) electrons. The molecule has 1 aromatic rings. The Kier molecular flexibility index (Phi) is 6.43. The second-order valence-electron chi connectivity index (χ2n) is 9.37. The third kappa shape index (κ3) is 4.54. The zero-order chi connectivity index (χ0) is 21.3. The number of aryl methyl sites for hydroxylation is 1. The van der Waals surface area contributed by atoms with Crippen LogP contribution in [0.25, 0.3) is 0 Å². The molecule has 0 bridgehead atoms. The number of amides is 2. The van der Waals surface area contributed by atoms with Crippen LogP contribution in [0.4, 0.5) is 0 Å². The molecule has 0 aromatic carbocycles. The predicted octanol–water partition coefficient (Wildman–Crippen LogP) is 1.16. The van der Waals surface area contributed by atoms with E-state index in [1.807, 2.05) is 42.7 Å². The molecule has 4 rings (SSSR count). The van der Waals surface area contributed by atoms with E-state index < -0.39 is 0 Å². The van der Waals surface area contributed by atoms with Crippen molar-refractivity contribution in [3.8, 4) is 0 Å². The van der Waals surface area contributed by atoms with Gasteiger partial charge in [-0.25, -0.2) is 0 Å². The number of hydrogen-bond donors (Lipinski definition) is 1. The number of carbonyl (C=O) groups is 2. The highest BCUT2D eigenvalue weighted by atomic mass is 16.5. The minimum absolute atomic E-state index is 0.0904. The van der Waals surface area contributed by atoms with Gasteiger partial charge in [-0.2, -0.15) is 5.10 Å². The van der Waals surface area contributed by atoms with E-state index in [1.165, 1.54) is 0 Å². The molecule has 30 heavy (non-hydrogen) atoms. The van der Waals surface area contributed by atoms with E-state index in [0.29, 0.717) is 19.4 Å². The molecule has 3 saturated heterocycles. The molecule has 0 unspecified atom stereocenters. The molecule has 0 saturated carbocycles. The van der Waals surface area contributed by atoms with Gasteiger partial charge in [0.05, 0.1) is 24.8 Å². The normalized spacial score (nSPS) is 29.0. The van der Waals surface area contributed by atoms with Crippen molar-refractivity contribution >= 4 is 11.8 Å². The van der Waals surface area contributed by atoms with Crippen molar-refractivity contribution in [2.45, 2.75) is 64.3 Å². The van der Waals surface area contributed by atoms with Gasteiger partial charge in [-0.15, -0.1) is 0 Å². The van der Waals surface area contributed by atoms with E-state index in [9.17, 15) is 9.59 Å². The number of aromatic nitrogens is 2. The highest BCUT2D eigenvalue weighted by molar-refractivity contribution is 5.77. The number of fused-ring (bicyclic) bond motifs is 1. The second kappa shape index (κ2) is 9.06. The standard InChI is InChI=1S/C22H35N5O3/c1-15(2)24-20(28)10-16-12-27(13-17-6-7-23-25(17)3)18-14-30-19(22(16)18)11-21(29)26-8-4-5-9-26/h6-7,15-16,18-19,22H,4-5,8-14H2,1-3H3,(H,24,28)/t16-,18-,19+,22-/m1/s1. The van der Waals surface area contributed by atoms with Crippen molar-refractivity contribution in [1.82, 2.24) is 24.9 Å². The van der Waals surface area contributed by atoms with Crippen molar-refractivity contribution in [2.75, 3.05) is 26.2 Å². The first-order valence-electron chi connectivity index (χ1n) is 11.3. The van der Waals surface area contributed by atoms with Gasteiger partial charge in [-0.1, -0.05) is 0 Å². The van der Waals surface area contributed by atoms with Crippen LogP contribution in [0, 0.1) is 11.8 Å². The summed E-state index contributed by atoms with van der Waals surface area (Å²) in [4.78, 5) is 29.7. The van der Waals surface area contributed by atoms with E-state index >= 15 is 0 Å². The molecule has 0 spiro atoms. The minimum atomic E-state index is -0.100. The molecule has 8 nitrogen and oxygen atoms in total. The first-order chi connectivity index (χ1) is 14.4. The van der Waals surface area contributed by atoms with Gasteiger partial charge in [0.1, 0.15) is 0 Å². The molecule has 1 aromatic heterocycles. The minimum Gasteiger partial charge on any atom is -0.376 e. The maximum atomic E-state index is 12.8. The number of likely N-dealkylation sites (tertiary alicyclic amines) is 2. The van der Waals surface area contributed by atoms with Crippen LogP contribution in [0.15, 0.2) is 12.3 Å². The van der Waals surface area contributed by atoms with Crippen LogP contribution in [0.3, 0.4) is 0 Å². The summed E-state index contributed by atoms with van der Waals surface area (Å²) in [6.07, 6.45) is 4.83. The van der Waals surface area contributed by atoms with Gasteiger partial charge in [0, 0.05) is 63.8 Å². The largest absolute Gasteiger partial charge is 0.376 e. The quantitative estimate of drug-likeness (QED) is 0.720. The monoisotopic (exact) mass is 417 g/mol. The summed E-state index contributed by atoms with van der Waals surface area (Å²) in [5, 5.41) is 7.32. The Morgan fingerprint density at radius 3 is 2.70 bits per heavy atom. The van der Waals surface area contributed by atoms with Gasteiger partial charge in [0.25, 0.3) is 0 Å². The lowest BCUT2D eigenvalue weighted by atomic mass is 9.84. The number of carbonyl (C=O) groups excluding carboxylic acids is 2. The first-order valence-corrected chi connectivity index (χ1v) is 11.3. The summed E-state index contributed by atoms with van der Waals surface area (Å²) in [6, 6.07) is 2.42.